The van der Waals surface area contributed by atoms with Gasteiger partial charge in [-0.15, -0.1) is 22.7 Å². The van der Waals surface area contributed by atoms with Gasteiger partial charge in [0.25, 0.3) is 5.91 Å². The number of hydrogen-bond acceptors (Lipinski definition) is 6. The number of nitrogens with zero attached hydrogens (tertiary/aromatic N) is 3. The van der Waals surface area contributed by atoms with Crippen LogP contribution in [0.5, 0.6) is 0 Å². The van der Waals surface area contributed by atoms with Crippen LogP contribution in [0.25, 0.3) is 0 Å². The summed E-state index contributed by atoms with van der Waals surface area (Å²) in [7, 11) is 0. The molecule has 1 aromatic carbocycles. The number of fused-ring (bicyclic) bond motifs is 2. The molecule has 0 spiro atoms. The Balaban J connectivity index is 1.23. The number of thiazole rings is 1. The molecule has 0 bridgehead atoms. The van der Waals surface area contributed by atoms with Gasteiger partial charge < -0.3 is 4.90 Å². The lowest BCUT2D eigenvalue weighted by Gasteiger charge is -2.27. The molecule has 1 N–H and O–H groups in total. The van der Waals surface area contributed by atoms with Crippen LogP contribution in [0.1, 0.15) is 25.8 Å². The smallest absolute Gasteiger partial charge is 0.267 e. The normalized spacial score (nSPS) is 15.8. The van der Waals surface area contributed by atoms with Crippen LogP contribution in [0.3, 0.4) is 0 Å². The van der Waals surface area contributed by atoms with E-state index in [2.05, 4.69) is 21.3 Å². The highest BCUT2D eigenvalue weighted by atomic mass is 32.1. The van der Waals surface area contributed by atoms with E-state index in [1.165, 1.54) is 28.2 Å². The molecular weight excluding hydrogens is 404 g/mol. The number of nitrogens with one attached hydrogen (secondary N) is 1. The van der Waals surface area contributed by atoms with Crippen LogP contribution in [0, 0.1) is 0 Å². The molecule has 2 aliphatic heterocycles. The van der Waals surface area contributed by atoms with Crippen molar-refractivity contribution >= 4 is 45.3 Å². The lowest BCUT2D eigenvalue weighted by Crippen LogP contribution is -2.41. The topological polar surface area (TPSA) is 65.5 Å². The predicted molar refractivity (Wildman–Crippen MR) is 116 cm³/mol. The number of benzene rings is 1. The quantitative estimate of drug-likeness (QED) is 0.697. The summed E-state index contributed by atoms with van der Waals surface area (Å²) in [5.74, 6) is 0.0277. The summed E-state index contributed by atoms with van der Waals surface area (Å²) >= 11 is 2.92. The Kier molecular flexibility index (Phi) is 4.91. The van der Waals surface area contributed by atoms with Crippen LogP contribution in [0.2, 0.25) is 0 Å². The molecule has 4 heterocycles. The zero-order valence-corrected chi connectivity index (χ0v) is 17.4. The molecule has 2 aliphatic rings. The van der Waals surface area contributed by atoms with Gasteiger partial charge in [0, 0.05) is 36.6 Å². The van der Waals surface area contributed by atoms with Crippen LogP contribution in [0.15, 0.2) is 41.8 Å². The number of aromatic nitrogens is 1. The van der Waals surface area contributed by atoms with Crippen LogP contribution in [0.4, 0.5) is 10.8 Å². The Hall–Kier alpha value is -2.55. The van der Waals surface area contributed by atoms with E-state index in [4.69, 9.17) is 0 Å². The third-order valence-electron chi connectivity index (χ3n) is 5.32. The number of hydrogen-bond donors (Lipinski definition) is 1. The summed E-state index contributed by atoms with van der Waals surface area (Å²) in [6, 6.07) is 11.8. The molecule has 6 nitrogen and oxygen atoms in total. The summed E-state index contributed by atoms with van der Waals surface area (Å²) in [4.78, 5) is 35.6. The average molecular weight is 425 g/mol. The maximum Gasteiger partial charge on any atom is 0.267 e. The number of para-hydroxylation sites is 1. The molecule has 0 atom stereocenters. The van der Waals surface area contributed by atoms with Crippen molar-refractivity contribution in [2.75, 3.05) is 29.9 Å². The monoisotopic (exact) mass is 424 g/mol. The van der Waals surface area contributed by atoms with E-state index >= 15 is 0 Å². The lowest BCUT2D eigenvalue weighted by atomic mass is 10.1. The number of carbonyl (C=O) groups is 2. The predicted octanol–water partition coefficient (Wildman–Crippen LogP) is 3.40. The molecule has 2 aromatic heterocycles. The van der Waals surface area contributed by atoms with E-state index < -0.39 is 0 Å². The van der Waals surface area contributed by atoms with Crippen LogP contribution >= 0.6 is 22.7 Å². The van der Waals surface area contributed by atoms with Gasteiger partial charge in [0.1, 0.15) is 0 Å². The maximum absolute atomic E-state index is 12.9. The summed E-state index contributed by atoms with van der Waals surface area (Å²) in [6.07, 6.45) is 1.72. The molecule has 0 saturated heterocycles. The molecule has 5 rings (SSSR count). The van der Waals surface area contributed by atoms with Crippen LogP contribution in [-0.4, -0.2) is 41.3 Å². The zero-order chi connectivity index (χ0) is 19.8. The molecule has 0 fully saturated rings. The fourth-order valence-corrected chi connectivity index (χ4v) is 5.54. The van der Waals surface area contributed by atoms with Crippen molar-refractivity contribution in [1.82, 2.24) is 9.88 Å². The van der Waals surface area contributed by atoms with Crippen molar-refractivity contribution in [1.29, 1.82) is 0 Å². The SMILES string of the molecule is O=C(Nc1nc2c(s1)CN(CC(=O)N1CCc3ccccc31)CC2)c1cccs1. The van der Waals surface area contributed by atoms with E-state index in [0.29, 0.717) is 23.1 Å². The van der Waals surface area contributed by atoms with Crippen LogP contribution in [-0.2, 0) is 24.2 Å². The van der Waals surface area contributed by atoms with Crippen molar-refractivity contribution in [2.45, 2.75) is 19.4 Å². The second-order valence-electron chi connectivity index (χ2n) is 7.21. The largest absolute Gasteiger partial charge is 0.311 e. The highest BCUT2D eigenvalue weighted by Crippen LogP contribution is 2.30. The number of rotatable bonds is 4. The first-order valence-corrected chi connectivity index (χ1v) is 11.3. The second-order valence-corrected chi connectivity index (χ2v) is 9.24. The summed E-state index contributed by atoms with van der Waals surface area (Å²) in [5, 5.41) is 5.42. The van der Waals surface area contributed by atoms with E-state index in [-0.39, 0.29) is 11.8 Å². The van der Waals surface area contributed by atoms with Gasteiger partial charge in [-0.05, 0) is 29.5 Å². The Bertz CT molecular complexity index is 1060. The molecule has 8 heteroatoms. The minimum Gasteiger partial charge on any atom is -0.311 e. The van der Waals surface area contributed by atoms with Crippen molar-refractivity contribution in [3.63, 3.8) is 0 Å². The van der Waals surface area contributed by atoms with Gasteiger partial charge >= 0.3 is 0 Å². The highest BCUT2D eigenvalue weighted by Gasteiger charge is 2.28. The van der Waals surface area contributed by atoms with Crippen molar-refractivity contribution < 1.29 is 9.59 Å². The average Bonchev–Trinajstić information content (AvgIpc) is 3.46. The molecule has 0 saturated carbocycles. The first kappa shape index (κ1) is 18.5. The Morgan fingerprint density at radius 2 is 2.00 bits per heavy atom. The molecule has 0 radical (unpaired) electrons. The van der Waals surface area contributed by atoms with Gasteiger partial charge in [0.2, 0.25) is 5.91 Å². The van der Waals surface area contributed by atoms with E-state index in [0.717, 1.165) is 42.2 Å². The molecule has 0 unspecified atom stereocenters. The van der Waals surface area contributed by atoms with Crippen molar-refractivity contribution in [3.05, 3.63) is 62.8 Å². The van der Waals surface area contributed by atoms with E-state index in [1.54, 1.807) is 6.07 Å². The van der Waals surface area contributed by atoms with Gasteiger partial charge in [-0.2, -0.15) is 0 Å². The number of anilines is 2. The first-order chi connectivity index (χ1) is 14.2. The molecule has 0 aliphatic carbocycles. The third-order valence-corrected chi connectivity index (χ3v) is 7.19. The fraction of sp³-hybridized carbons (Fsp3) is 0.286. The van der Waals surface area contributed by atoms with Gasteiger partial charge in [0.05, 0.1) is 17.1 Å². The Morgan fingerprint density at radius 3 is 2.86 bits per heavy atom. The van der Waals surface area contributed by atoms with Gasteiger partial charge in [0.15, 0.2) is 5.13 Å². The Labute approximate surface area is 176 Å². The zero-order valence-electron chi connectivity index (χ0n) is 15.8. The summed E-state index contributed by atoms with van der Waals surface area (Å²) in [6.45, 7) is 2.67. The number of thiophene rings is 1. The lowest BCUT2D eigenvalue weighted by molar-refractivity contribution is -0.119. The van der Waals surface area contributed by atoms with Crippen molar-refractivity contribution in [3.8, 4) is 0 Å². The second kappa shape index (κ2) is 7.70. The van der Waals surface area contributed by atoms with E-state index in [1.807, 2.05) is 34.5 Å². The summed E-state index contributed by atoms with van der Waals surface area (Å²) in [5.41, 5.74) is 3.33. The molecule has 3 aromatic rings. The van der Waals surface area contributed by atoms with Gasteiger partial charge in [-0.3, -0.25) is 19.8 Å². The third kappa shape index (κ3) is 3.71. The summed E-state index contributed by atoms with van der Waals surface area (Å²) < 4.78 is 0. The standard InChI is InChI=1S/C21H20N4O2S2/c26-19(25-10-7-14-4-1-2-5-16(14)25)13-24-9-8-15-18(12-24)29-21(22-15)23-20(27)17-6-3-11-28-17/h1-6,11H,7-10,12-13H2,(H,22,23,27). The Morgan fingerprint density at radius 1 is 1.10 bits per heavy atom. The van der Waals surface area contributed by atoms with Crippen molar-refractivity contribution in [2.24, 2.45) is 0 Å². The number of carbonyl (C=O) groups excluding carboxylic acids is 2. The maximum atomic E-state index is 12.9. The van der Waals surface area contributed by atoms with Gasteiger partial charge in [-0.1, -0.05) is 24.3 Å². The molecular formula is C21H20N4O2S2. The molecule has 148 valence electrons. The minimum absolute atomic E-state index is 0.120. The fourth-order valence-electron chi connectivity index (χ4n) is 3.88. The highest BCUT2D eigenvalue weighted by molar-refractivity contribution is 7.16. The van der Waals surface area contributed by atoms with Crippen LogP contribution < -0.4 is 10.2 Å². The first-order valence-electron chi connectivity index (χ1n) is 9.61. The van der Waals surface area contributed by atoms with Gasteiger partial charge in [-0.25, -0.2) is 4.98 Å². The molecule has 29 heavy (non-hydrogen) atoms. The molecule has 2 amide bonds. The minimum atomic E-state index is -0.120. The number of amides is 2. The van der Waals surface area contributed by atoms with E-state index in [9.17, 15) is 9.59 Å².